The molecule has 1 rings (SSSR count). The van der Waals surface area contributed by atoms with Crippen LogP contribution in [-0.4, -0.2) is 16.3 Å². The first-order valence-corrected chi connectivity index (χ1v) is 6.43. The summed E-state index contributed by atoms with van der Waals surface area (Å²) in [6.07, 6.45) is 2.46. The number of hydrogen-bond donors (Lipinski definition) is 2. The lowest BCUT2D eigenvalue weighted by Crippen LogP contribution is -2.17. The summed E-state index contributed by atoms with van der Waals surface area (Å²) in [4.78, 5) is 0. The minimum absolute atomic E-state index is 0.214. The van der Waals surface area contributed by atoms with Gasteiger partial charge in [0.05, 0.1) is 6.10 Å². The maximum absolute atomic E-state index is 9.86. The number of hydrogen-bond acceptors (Lipinski definition) is 2. The van der Waals surface area contributed by atoms with Crippen LogP contribution in [0.25, 0.3) is 0 Å². The Morgan fingerprint density at radius 2 is 1.88 bits per heavy atom. The first-order chi connectivity index (χ1) is 7.97. The smallest absolute Gasteiger partial charge is 0.121 e. The highest BCUT2D eigenvalue weighted by molar-refractivity contribution is 5.44. The Morgan fingerprint density at radius 1 is 1.24 bits per heavy atom. The lowest BCUT2D eigenvalue weighted by atomic mass is 9.92. The number of aromatic hydroxyl groups is 1. The Bertz CT molecular complexity index is 371. The van der Waals surface area contributed by atoms with Crippen LogP contribution in [0, 0.1) is 19.8 Å². The third kappa shape index (κ3) is 3.47. The van der Waals surface area contributed by atoms with Gasteiger partial charge in [-0.2, -0.15) is 0 Å². The number of aliphatic hydroxyl groups excluding tert-OH is 1. The highest BCUT2D eigenvalue weighted by Crippen LogP contribution is 2.26. The molecule has 2 N–H and O–H groups in total. The minimum atomic E-state index is -0.214. The van der Waals surface area contributed by atoms with Crippen molar-refractivity contribution in [2.24, 2.45) is 5.92 Å². The molecule has 96 valence electrons. The molecule has 2 nitrogen and oxygen atoms in total. The molecule has 0 aromatic heterocycles. The van der Waals surface area contributed by atoms with E-state index in [0.717, 1.165) is 30.4 Å². The number of phenols is 1. The summed E-state index contributed by atoms with van der Waals surface area (Å²) in [7, 11) is 0. The number of phenolic OH excluding ortho intramolecular Hbond substituents is 1. The topological polar surface area (TPSA) is 40.5 Å². The van der Waals surface area contributed by atoms with Gasteiger partial charge in [0.25, 0.3) is 0 Å². The third-order valence-corrected chi connectivity index (χ3v) is 3.69. The van der Waals surface area contributed by atoms with Crippen molar-refractivity contribution in [2.45, 2.75) is 53.1 Å². The van der Waals surface area contributed by atoms with E-state index in [1.54, 1.807) is 0 Å². The van der Waals surface area contributed by atoms with Gasteiger partial charge in [-0.1, -0.05) is 26.0 Å². The van der Waals surface area contributed by atoms with Crippen molar-refractivity contribution in [1.82, 2.24) is 0 Å². The molecule has 0 aliphatic rings. The van der Waals surface area contributed by atoms with Gasteiger partial charge in [0.15, 0.2) is 0 Å². The zero-order chi connectivity index (χ0) is 13.0. The Hall–Kier alpha value is -1.02. The average molecular weight is 236 g/mol. The minimum Gasteiger partial charge on any atom is -0.507 e. The summed E-state index contributed by atoms with van der Waals surface area (Å²) in [6.45, 7) is 7.95. The van der Waals surface area contributed by atoms with Crippen LogP contribution in [0.1, 0.15) is 43.4 Å². The monoisotopic (exact) mass is 236 g/mol. The van der Waals surface area contributed by atoms with E-state index in [-0.39, 0.29) is 6.10 Å². The second kappa shape index (κ2) is 6.06. The first kappa shape index (κ1) is 14.0. The molecule has 0 saturated carbocycles. The molecule has 2 heteroatoms. The lowest BCUT2D eigenvalue weighted by Gasteiger charge is -2.18. The molecule has 0 radical (unpaired) electrons. The molecule has 0 spiro atoms. The molecule has 1 aromatic rings. The van der Waals surface area contributed by atoms with Crippen molar-refractivity contribution in [3.63, 3.8) is 0 Å². The predicted molar refractivity (Wildman–Crippen MR) is 71.4 cm³/mol. The van der Waals surface area contributed by atoms with Crippen LogP contribution in [-0.2, 0) is 6.42 Å². The molecule has 17 heavy (non-hydrogen) atoms. The second-order valence-electron chi connectivity index (χ2n) is 5.01. The van der Waals surface area contributed by atoms with Gasteiger partial charge in [0, 0.05) is 0 Å². The van der Waals surface area contributed by atoms with E-state index >= 15 is 0 Å². The Balaban J connectivity index is 2.67. The number of aryl methyl sites for hydroxylation is 2. The molecule has 0 heterocycles. The van der Waals surface area contributed by atoms with Crippen molar-refractivity contribution in [2.75, 3.05) is 0 Å². The van der Waals surface area contributed by atoms with Crippen LogP contribution in [0.2, 0.25) is 0 Å². The molecule has 0 aliphatic carbocycles. The van der Waals surface area contributed by atoms with Crippen LogP contribution in [0.3, 0.4) is 0 Å². The predicted octanol–water partition coefficient (Wildman–Crippen LogP) is 3.35. The molecule has 2 atom stereocenters. The van der Waals surface area contributed by atoms with E-state index in [4.69, 9.17) is 0 Å². The maximum Gasteiger partial charge on any atom is 0.121 e. The van der Waals surface area contributed by atoms with Gasteiger partial charge in [0.2, 0.25) is 0 Å². The van der Waals surface area contributed by atoms with Crippen LogP contribution < -0.4 is 0 Å². The molecule has 0 bridgehead atoms. The fourth-order valence-corrected chi connectivity index (χ4v) is 2.13. The quantitative estimate of drug-likeness (QED) is 0.823. The second-order valence-corrected chi connectivity index (χ2v) is 5.01. The SMILES string of the molecule is CCC(O)C(C)CCc1ccc(C)c(O)c1C. The van der Waals surface area contributed by atoms with Gasteiger partial charge in [0.1, 0.15) is 5.75 Å². The molecule has 0 saturated heterocycles. The van der Waals surface area contributed by atoms with E-state index in [2.05, 4.69) is 13.0 Å². The molecule has 0 aliphatic heterocycles. The largest absolute Gasteiger partial charge is 0.507 e. The van der Waals surface area contributed by atoms with Gasteiger partial charge in [-0.3, -0.25) is 0 Å². The van der Waals surface area contributed by atoms with E-state index < -0.39 is 0 Å². The van der Waals surface area contributed by atoms with E-state index in [9.17, 15) is 10.2 Å². The van der Waals surface area contributed by atoms with Crippen molar-refractivity contribution >= 4 is 0 Å². The third-order valence-electron chi connectivity index (χ3n) is 3.69. The van der Waals surface area contributed by atoms with E-state index in [1.165, 1.54) is 5.56 Å². The van der Waals surface area contributed by atoms with E-state index in [0.29, 0.717) is 11.7 Å². The summed E-state index contributed by atoms with van der Waals surface area (Å²) in [5, 5.41) is 19.6. The van der Waals surface area contributed by atoms with Crippen LogP contribution in [0.15, 0.2) is 12.1 Å². The van der Waals surface area contributed by atoms with Gasteiger partial charge >= 0.3 is 0 Å². The van der Waals surface area contributed by atoms with Crippen LogP contribution in [0.5, 0.6) is 5.75 Å². The Morgan fingerprint density at radius 3 is 2.47 bits per heavy atom. The van der Waals surface area contributed by atoms with Crippen molar-refractivity contribution in [1.29, 1.82) is 0 Å². The lowest BCUT2D eigenvalue weighted by molar-refractivity contribution is 0.108. The van der Waals surface area contributed by atoms with E-state index in [1.807, 2.05) is 26.8 Å². The van der Waals surface area contributed by atoms with Crippen molar-refractivity contribution in [3.05, 3.63) is 28.8 Å². The standard InChI is InChI=1S/C15H24O2/c1-5-14(16)10(2)6-8-13-9-7-11(3)15(17)12(13)4/h7,9-10,14,16-17H,5-6,8H2,1-4H3. The molecular formula is C15H24O2. The van der Waals surface area contributed by atoms with Gasteiger partial charge < -0.3 is 10.2 Å². The van der Waals surface area contributed by atoms with Gasteiger partial charge in [-0.25, -0.2) is 0 Å². The first-order valence-electron chi connectivity index (χ1n) is 6.43. The molecule has 0 amide bonds. The summed E-state index contributed by atoms with van der Waals surface area (Å²) in [6, 6.07) is 4.04. The zero-order valence-electron chi connectivity index (χ0n) is 11.3. The summed E-state index contributed by atoms with van der Waals surface area (Å²) >= 11 is 0. The maximum atomic E-state index is 9.86. The van der Waals surface area contributed by atoms with Gasteiger partial charge in [-0.05, 0) is 55.7 Å². The fourth-order valence-electron chi connectivity index (χ4n) is 2.13. The highest BCUT2D eigenvalue weighted by Gasteiger charge is 2.13. The summed E-state index contributed by atoms with van der Waals surface area (Å²) < 4.78 is 0. The molecular weight excluding hydrogens is 212 g/mol. The molecule has 2 unspecified atom stereocenters. The Labute approximate surface area is 104 Å². The van der Waals surface area contributed by atoms with Crippen LogP contribution >= 0.6 is 0 Å². The number of benzene rings is 1. The van der Waals surface area contributed by atoms with Crippen molar-refractivity contribution in [3.8, 4) is 5.75 Å². The zero-order valence-corrected chi connectivity index (χ0v) is 11.3. The summed E-state index contributed by atoms with van der Waals surface area (Å²) in [5.74, 6) is 0.717. The Kier molecular flexibility index (Phi) is 5.01. The summed E-state index contributed by atoms with van der Waals surface area (Å²) in [5.41, 5.74) is 3.08. The average Bonchev–Trinajstić information content (AvgIpc) is 2.33. The molecule has 0 fully saturated rings. The number of rotatable bonds is 5. The highest BCUT2D eigenvalue weighted by atomic mass is 16.3. The number of aliphatic hydroxyl groups is 1. The van der Waals surface area contributed by atoms with Gasteiger partial charge in [-0.15, -0.1) is 0 Å². The van der Waals surface area contributed by atoms with Crippen molar-refractivity contribution < 1.29 is 10.2 Å². The normalized spacial score (nSPS) is 14.6. The fraction of sp³-hybridized carbons (Fsp3) is 0.600. The molecule has 1 aromatic carbocycles. The van der Waals surface area contributed by atoms with Crippen LogP contribution in [0.4, 0.5) is 0 Å².